The highest BCUT2D eigenvalue weighted by atomic mass is 32.2. The number of hydrogen-bond acceptors (Lipinski definition) is 3. The van der Waals surface area contributed by atoms with E-state index in [1.54, 1.807) is 0 Å². The van der Waals surface area contributed by atoms with Gasteiger partial charge < -0.3 is 5.73 Å². The second-order valence-electron chi connectivity index (χ2n) is 5.01. The molecule has 0 amide bonds. The fourth-order valence-corrected chi connectivity index (χ4v) is 3.99. The van der Waals surface area contributed by atoms with Crippen LogP contribution in [0.4, 0.5) is 4.39 Å². The number of fused-ring (bicyclic) bond motifs is 1. The average Bonchev–Trinajstić information content (AvgIpc) is 2.92. The highest BCUT2D eigenvalue weighted by Gasteiger charge is 2.32. The predicted octanol–water partition coefficient (Wildman–Crippen LogP) is 1.99. The fraction of sp³-hybridized carbons (Fsp3) is 0.200. The fourth-order valence-electron chi connectivity index (χ4n) is 2.48. The van der Waals surface area contributed by atoms with E-state index in [0.29, 0.717) is 5.56 Å². The maximum Gasteiger partial charge on any atom is 0.246 e. The first-order valence-electron chi connectivity index (χ1n) is 6.58. The Bertz CT molecular complexity index is 765. The summed E-state index contributed by atoms with van der Waals surface area (Å²) in [6, 6.07) is 11.5. The molecule has 0 aromatic heterocycles. The van der Waals surface area contributed by atoms with Gasteiger partial charge in [-0.2, -0.15) is 4.31 Å². The number of hydrogen-bond donors (Lipinski definition) is 1. The summed E-state index contributed by atoms with van der Waals surface area (Å²) in [5.74, 6) is -0.747. The van der Waals surface area contributed by atoms with Crippen LogP contribution in [-0.4, -0.2) is 12.7 Å². The Balaban J connectivity index is 2.00. The molecule has 4 nitrogen and oxygen atoms in total. The van der Waals surface area contributed by atoms with E-state index in [9.17, 15) is 12.8 Å². The van der Waals surface area contributed by atoms with Gasteiger partial charge in [0.2, 0.25) is 10.0 Å². The van der Waals surface area contributed by atoms with Crippen LogP contribution in [0, 0.1) is 5.82 Å². The maximum absolute atomic E-state index is 13.9. The van der Waals surface area contributed by atoms with Crippen molar-refractivity contribution in [2.75, 3.05) is 0 Å². The van der Waals surface area contributed by atoms with E-state index in [4.69, 9.17) is 5.73 Å². The first-order valence-corrected chi connectivity index (χ1v) is 8.02. The normalized spacial score (nSPS) is 15.1. The zero-order chi connectivity index (χ0) is 15.0. The van der Waals surface area contributed by atoms with Gasteiger partial charge >= 0.3 is 0 Å². The molecule has 1 aliphatic heterocycles. The third kappa shape index (κ3) is 2.46. The van der Waals surface area contributed by atoms with Crippen molar-refractivity contribution >= 4 is 10.0 Å². The number of halogens is 1. The van der Waals surface area contributed by atoms with E-state index in [-0.39, 0.29) is 24.5 Å². The number of rotatable bonds is 3. The molecule has 1 heterocycles. The minimum atomic E-state index is -3.87. The lowest BCUT2D eigenvalue weighted by atomic mass is 10.1. The van der Waals surface area contributed by atoms with E-state index in [1.165, 1.54) is 16.4 Å². The molecule has 0 saturated carbocycles. The molecule has 2 aromatic rings. The lowest BCUT2D eigenvalue weighted by Crippen LogP contribution is -2.26. The zero-order valence-corrected chi connectivity index (χ0v) is 12.1. The number of nitrogens with zero attached hydrogens (tertiary/aromatic N) is 1. The number of sulfonamides is 1. The highest BCUT2D eigenvalue weighted by molar-refractivity contribution is 7.89. The standard InChI is InChI=1S/C15H15FN2O2S/c16-14-6-5-11(8-17)7-15(14)21(19,20)18-9-12-3-1-2-4-13(12)10-18/h1-7H,8-10,17H2. The second-order valence-corrected chi connectivity index (χ2v) is 6.92. The summed E-state index contributed by atoms with van der Waals surface area (Å²) in [5.41, 5.74) is 8.00. The van der Waals surface area contributed by atoms with Gasteiger partial charge in [-0.05, 0) is 28.8 Å². The molecular weight excluding hydrogens is 291 g/mol. The van der Waals surface area contributed by atoms with Crippen molar-refractivity contribution in [2.45, 2.75) is 24.5 Å². The molecule has 2 aromatic carbocycles. The van der Waals surface area contributed by atoms with Gasteiger partial charge in [-0.1, -0.05) is 30.3 Å². The zero-order valence-electron chi connectivity index (χ0n) is 11.3. The summed E-state index contributed by atoms with van der Waals surface area (Å²) in [6.07, 6.45) is 0. The summed E-state index contributed by atoms with van der Waals surface area (Å²) in [7, 11) is -3.87. The third-order valence-corrected chi connectivity index (χ3v) is 5.47. The van der Waals surface area contributed by atoms with Crippen molar-refractivity contribution in [1.29, 1.82) is 0 Å². The van der Waals surface area contributed by atoms with E-state index < -0.39 is 15.8 Å². The summed E-state index contributed by atoms with van der Waals surface area (Å²) in [4.78, 5) is -0.307. The van der Waals surface area contributed by atoms with E-state index in [0.717, 1.165) is 17.2 Å². The molecule has 0 unspecified atom stereocenters. The molecule has 2 N–H and O–H groups in total. The van der Waals surface area contributed by atoms with Crippen molar-refractivity contribution in [2.24, 2.45) is 5.73 Å². The predicted molar refractivity (Wildman–Crippen MR) is 77.2 cm³/mol. The topological polar surface area (TPSA) is 63.4 Å². The van der Waals surface area contributed by atoms with Crippen LogP contribution in [0.5, 0.6) is 0 Å². The second kappa shape index (κ2) is 5.22. The van der Waals surface area contributed by atoms with Gasteiger partial charge in [0.25, 0.3) is 0 Å². The van der Waals surface area contributed by atoms with Gasteiger partial charge in [-0.15, -0.1) is 0 Å². The molecule has 1 aliphatic rings. The number of benzene rings is 2. The first-order chi connectivity index (χ1) is 10.0. The molecule has 6 heteroatoms. The molecule has 0 bridgehead atoms. The molecule has 110 valence electrons. The lowest BCUT2D eigenvalue weighted by molar-refractivity contribution is 0.426. The summed E-state index contributed by atoms with van der Waals surface area (Å²) in [6.45, 7) is 0.707. The molecule has 0 fully saturated rings. The molecule has 0 spiro atoms. The third-order valence-electron chi connectivity index (χ3n) is 3.66. The SMILES string of the molecule is NCc1ccc(F)c(S(=O)(=O)N2Cc3ccccc3C2)c1. The smallest absolute Gasteiger partial charge is 0.246 e. The summed E-state index contributed by atoms with van der Waals surface area (Å²) >= 11 is 0. The Morgan fingerprint density at radius 3 is 2.29 bits per heavy atom. The summed E-state index contributed by atoms with van der Waals surface area (Å²) in [5, 5.41) is 0. The van der Waals surface area contributed by atoms with E-state index in [2.05, 4.69) is 0 Å². The van der Waals surface area contributed by atoms with Crippen molar-refractivity contribution in [1.82, 2.24) is 4.31 Å². The van der Waals surface area contributed by atoms with Gasteiger partial charge in [0.05, 0.1) is 0 Å². The lowest BCUT2D eigenvalue weighted by Gasteiger charge is -2.16. The van der Waals surface area contributed by atoms with Crippen LogP contribution in [0.3, 0.4) is 0 Å². The highest BCUT2D eigenvalue weighted by Crippen LogP contribution is 2.29. The Morgan fingerprint density at radius 1 is 1.10 bits per heavy atom. The van der Waals surface area contributed by atoms with Crippen LogP contribution in [0.25, 0.3) is 0 Å². The molecule has 0 saturated heterocycles. The van der Waals surface area contributed by atoms with Gasteiger partial charge in [-0.25, -0.2) is 12.8 Å². The molecule has 0 radical (unpaired) electrons. The minimum absolute atomic E-state index is 0.170. The van der Waals surface area contributed by atoms with Gasteiger partial charge in [0.15, 0.2) is 0 Å². The molecule has 0 atom stereocenters. The van der Waals surface area contributed by atoms with Crippen LogP contribution in [0.2, 0.25) is 0 Å². The molecule has 3 rings (SSSR count). The largest absolute Gasteiger partial charge is 0.326 e. The maximum atomic E-state index is 13.9. The van der Waals surface area contributed by atoms with Crippen LogP contribution in [-0.2, 0) is 29.7 Å². The van der Waals surface area contributed by atoms with Crippen molar-refractivity contribution < 1.29 is 12.8 Å². The number of nitrogens with two attached hydrogens (primary N) is 1. The molecule has 21 heavy (non-hydrogen) atoms. The van der Waals surface area contributed by atoms with Gasteiger partial charge in [-0.3, -0.25) is 0 Å². The quantitative estimate of drug-likeness (QED) is 0.943. The van der Waals surface area contributed by atoms with Crippen molar-refractivity contribution in [3.63, 3.8) is 0 Å². The summed E-state index contributed by atoms with van der Waals surface area (Å²) < 4.78 is 40.5. The van der Waals surface area contributed by atoms with Gasteiger partial charge in [0, 0.05) is 19.6 Å². The Kier molecular flexibility index (Phi) is 3.52. The van der Waals surface area contributed by atoms with Crippen LogP contribution < -0.4 is 5.73 Å². The van der Waals surface area contributed by atoms with E-state index >= 15 is 0 Å². The van der Waals surface area contributed by atoms with Crippen LogP contribution in [0.1, 0.15) is 16.7 Å². The first kappa shape index (κ1) is 14.2. The Morgan fingerprint density at radius 2 is 1.71 bits per heavy atom. The Hall–Kier alpha value is -1.76. The van der Waals surface area contributed by atoms with Crippen LogP contribution in [0.15, 0.2) is 47.4 Å². The van der Waals surface area contributed by atoms with Crippen molar-refractivity contribution in [3.05, 3.63) is 65.0 Å². The Labute approximate surface area is 123 Å². The van der Waals surface area contributed by atoms with Crippen molar-refractivity contribution in [3.8, 4) is 0 Å². The monoisotopic (exact) mass is 306 g/mol. The minimum Gasteiger partial charge on any atom is -0.326 e. The van der Waals surface area contributed by atoms with Gasteiger partial charge in [0.1, 0.15) is 10.7 Å². The molecular formula is C15H15FN2O2S. The van der Waals surface area contributed by atoms with Crippen LogP contribution >= 0.6 is 0 Å². The van der Waals surface area contributed by atoms with E-state index in [1.807, 2.05) is 24.3 Å². The average molecular weight is 306 g/mol. The molecule has 0 aliphatic carbocycles.